The lowest BCUT2D eigenvalue weighted by molar-refractivity contribution is -0.0377. The third kappa shape index (κ3) is 4.80. The maximum absolute atomic E-state index is 10.4. The number of piperidine rings is 1. The van der Waals surface area contributed by atoms with Crippen molar-refractivity contribution < 1.29 is 9.84 Å². The van der Waals surface area contributed by atoms with Gasteiger partial charge < -0.3 is 9.84 Å². The molecule has 1 N–H and O–H groups in total. The average molecular weight is 305 g/mol. The van der Waals surface area contributed by atoms with Crippen LogP contribution in [0, 0.1) is 0 Å². The quantitative estimate of drug-likeness (QED) is 0.832. The van der Waals surface area contributed by atoms with E-state index in [9.17, 15) is 5.11 Å². The molecule has 22 heavy (non-hydrogen) atoms. The zero-order valence-corrected chi connectivity index (χ0v) is 14.2. The van der Waals surface area contributed by atoms with Crippen LogP contribution in [0.25, 0.3) is 0 Å². The first-order valence-electron chi connectivity index (χ1n) is 8.72. The molecular weight excluding hydrogens is 274 g/mol. The molecule has 1 aliphatic rings. The SMILES string of the molecule is CCC(OCC(O)CN1C(C)CCCC1C)c1ccccc1. The van der Waals surface area contributed by atoms with Crippen molar-refractivity contribution in [2.75, 3.05) is 13.2 Å². The van der Waals surface area contributed by atoms with Crippen LogP contribution in [0.2, 0.25) is 0 Å². The van der Waals surface area contributed by atoms with Crippen molar-refractivity contribution >= 4 is 0 Å². The zero-order valence-electron chi connectivity index (χ0n) is 14.2. The number of benzene rings is 1. The van der Waals surface area contributed by atoms with Gasteiger partial charge in [0.05, 0.1) is 18.8 Å². The van der Waals surface area contributed by atoms with Crippen LogP contribution < -0.4 is 0 Å². The molecule has 0 saturated carbocycles. The number of hydrogen-bond acceptors (Lipinski definition) is 3. The zero-order chi connectivity index (χ0) is 15.9. The largest absolute Gasteiger partial charge is 0.389 e. The second-order valence-electron chi connectivity index (χ2n) is 6.62. The Labute approximate surface area is 135 Å². The Kier molecular flexibility index (Phi) is 6.87. The number of aliphatic hydroxyl groups is 1. The molecule has 1 saturated heterocycles. The molecule has 1 aromatic rings. The van der Waals surface area contributed by atoms with Gasteiger partial charge in [-0.1, -0.05) is 43.7 Å². The molecule has 0 aromatic heterocycles. The lowest BCUT2D eigenvalue weighted by Gasteiger charge is -2.40. The Balaban J connectivity index is 1.82. The molecule has 4 unspecified atom stereocenters. The van der Waals surface area contributed by atoms with E-state index in [2.05, 4.69) is 37.8 Å². The lowest BCUT2D eigenvalue weighted by atomic mass is 9.97. The molecule has 0 radical (unpaired) electrons. The highest BCUT2D eigenvalue weighted by atomic mass is 16.5. The van der Waals surface area contributed by atoms with E-state index >= 15 is 0 Å². The molecule has 0 bridgehead atoms. The summed E-state index contributed by atoms with van der Waals surface area (Å²) in [7, 11) is 0. The number of hydrogen-bond donors (Lipinski definition) is 1. The van der Waals surface area contributed by atoms with Crippen LogP contribution >= 0.6 is 0 Å². The molecule has 1 aliphatic heterocycles. The molecule has 3 nitrogen and oxygen atoms in total. The van der Waals surface area contributed by atoms with Gasteiger partial charge in [0, 0.05) is 18.6 Å². The van der Waals surface area contributed by atoms with Gasteiger partial charge in [0.15, 0.2) is 0 Å². The summed E-state index contributed by atoms with van der Waals surface area (Å²) in [6.45, 7) is 7.78. The van der Waals surface area contributed by atoms with Crippen LogP contribution in [-0.4, -0.2) is 41.3 Å². The Bertz CT molecular complexity index is 413. The van der Waals surface area contributed by atoms with E-state index in [-0.39, 0.29) is 6.10 Å². The van der Waals surface area contributed by atoms with Crippen LogP contribution in [0.1, 0.15) is 58.1 Å². The highest BCUT2D eigenvalue weighted by Gasteiger charge is 2.26. The lowest BCUT2D eigenvalue weighted by Crippen LogP contribution is -2.48. The van der Waals surface area contributed by atoms with Crippen molar-refractivity contribution in [3.05, 3.63) is 35.9 Å². The minimum Gasteiger partial charge on any atom is -0.389 e. The van der Waals surface area contributed by atoms with Gasteiger partial charge in [0.2, 0.25) is 0 Å². The fraction of sp³-hybridized carbons (Fsp3) is 0.684. The van der Waals surface area contributed by atoms with Crippen LogP contribution in [0.5, 0.6) is 0 Å². The second kappa shape index (κ2) is 8.66. The van der Waals surface area contributed by atoms with Crippen molar-refractivity contribution in [3.63, 3.8) is 0 Å². The number of β-amino-alcohol motifs (C(OH)–C–C–N with tert-alkyl or cyclic N) is 1. The number of ether oxygens (including phenoxy) is 1. The van der Waals surface area contributed by atoms with Gasteiger partial charge in [-0.25, -0.2) is 0 Å². The molecule has 2 rings (SSSR count). The second-order valence-corrected chi connectivity index (χ2v) is 6.62. The van der Waals surface area contributed by atoms with E-state index in [0.717, 1.165) is 6.42 Å². The van der Waals surface area contributed by atoms with Crippen LogP contribution in [0.3, 0.4) is 0 Å². The first kappa shape index (κ1) is 17.5. The number of aliphatic hydroxyl groups excluding tert-OH is 1. The Morgan fingerprint density at radius 2 is 1.82 bits per heavy atom. The fourth-order valence-electron chi connectivity index (χ4n) is 3.48. The summed E-state index contributed by atoms with van der Waals surface area (Å²) in [5, 5.41) is 10.4. The van der Waals surface area contributed by atoms with E-state index < -0.39 is 6.10 Å². The smallest absolute Gasteiger partial charge is 0.0900 e. The summed E-state index contributed by atoms with van der Waals surface area (Å²) in [4.78, 5) is 2.43. The van der Waals surface area contributed by atoms with Gasteiger partial charge in [-0.2, -0.15) is 0 Å². The van der Waals surface area contributed by atoms with Gasteiger partial charge in [-0.05, 0) is 38.7 Å². The summed E-state index contributed by atoms with van der Waals surface area (Å²) in [6.07, 6.45) is 4.36. The van der Waals surface area contributed by atoms with E-state index in [1.54, 1.807) is 0 Å². The Morgan fingerprint density at radius 1 is 1.18 bits per heavy atom. The van der Waals surface area contributed by atoms with Crippen LogP contribution in [0.4, 0.5) is 0 Å². The maximum Gasteiger partial charge on any atom is 0.0900 e. The van der Waals surface area contributed by atoms with E-state index in [1.165, 1.54) is 24.8 Å². The minimum absolute atomic E-state index is 0.0760. The van der Waals surface area contributed by atoms with Gasteiger partial charge >= 0.3 is 0 Å². The summed E-state index contributed by atoms with van der Waals surface area (Å²) in [5.41, 5.74) is 1.19. The summed E-state index contributed by atoms with van der Waals surface area (Å²) in [5.74, 6) is 0. The molecule has 4 atom stereocenters. The summed E-state index contributed by atoms with van der Waals surface area (Å²) in [6, 6.07) is 11.4. The van der Waals surface area contributed by atoms with Crippen molar-refractivity contribution in [1.29, 1.82) is 0 Å². The molecule has 124 valence electrons. The number of rotatable bonds is 7. The van der Waals surface area contributed by atoms with Gasteiger partial charge in [0.1, 0.15) is 0 Å². The van der Waals surface area contributed by atoms with E-state index in [1.807, 2.05) is 18.2 Å². The standard InChI is InChI=1S/C19H31NO2/c1-4-19(17-11-6-5-7-12-17)22-14-18(21)13-20-15(2)9-8-10-16(20)3/h5-7,11-12,15-16,18-19,21H,4,8-10,13-14H2,1-3H3. The predicted octanol–water partition coefficient (Wildman–Crippen LogP) is 3.78. The van der Waals surface area contributed by atoms with Crippen molar-refractivity contribution in [3.8, 4) is 0 Å². The molecule has 0 aliphatic carbocycles. The monoisotopic (exact) mass is 305 g/mol. The molecule has 0 amide bonds. The normalized spacial score (nSPS) is 25.8. The highest BCUT2D eigenvalue weighted by Crippen LogP contribution is 2.24. The molecule has 1 aromatic carbocycles. The first-order valence-corrected chi connectivity index (χ1v) is 8.72. The Hall–Kier alpha value is -0.900. The molecule has 1 fully saturated rings. The van der Waals surface area contributed by atoms with Crippen LogP contribution in [0.15, 0.2) is 30.3 Å². The average Bonchev–Trinajstić information content (AvgIpc) is 2.53. The fourth-order valence-corrected chi connectivity index (χ4v) is 3.48. The van der Waals surface area contributed by atoms with Crippen molar-refractivity contribution in [1.82, 2.24) is 4.90 Å². The van der Waals surface area contributed by atoms with Gasteiger partial charge in [-0.15, -0.1) is 0 Å². The van der Waals surface area contributed by atoms with Crippen molar-refractivity contribution in [2.45, 2.75) is 70.7 Å². The van der Waals surface area contributed by atoms with Crippen molar-refractivity contribution in [2.24, 2.45) is 0 Å². The molecule has 3 heteroatoms. The molecule has 0 spiro atoms. The predicted molar refractivity (Wildman–Crippen MR) is 90.9 cm³/mol. The molecule has 1 heterocycles. The summed E-state index contributed by atoms with van der Waals surface area (Å²) < 4.78 is 5.97. The Morgan fingerprint density at radius 3 is 2.41 bits per heavy atom. The topological polar surface area (TPSA) is 32.7 Å². The minimum atomic E-state index is -0.416. The van der Waals surface area contributed by atoms with Gasteiger partial charge in [0.25, 0.3) is 0 Å². The number of nitrogens with zero attached hydrogens (tertiary/aromatic N) is 1. The summed E-state index contributed by atoms with van der Waals surface area (Å²) >= 11 is 0. The third-order valence-electron chi connectivity index (χ3n) is 4.83. The number of likely N-dealkylation sites (tertiary alicyclic amines) is 1. The maximum atomic E-state index is 10.4. The molecular formula is C19H31NO2. The first-order chi connectivity index (χ1) is 10.6. The third-order valence-corrected chi connectivity index (χ3v) is 4.83. The van der Waals surface area contributed by atoms with Crippen LogP contribution in [-0.2, 0) is 4.74 Å². The van der Waals surface area contributed by atoms with E-state index in [4.69, 9.17) is 4.74 Å². The van der Waals surface area contributed by atoms with Gasteiger partial charge in [-0.3, -0.25) is 4.90 Å². The van der Waals surface area contributed by atoms with E-state index in [0.29, 0.717) is 25.2 Å². The highest BCUT2D eigenvalue weighted by molar-refractivity contribution is 5.17.